The molecule has 0 aliphatic carbocycles. The van der Waals surface area contributed by atoms with Crippen LogP contribution in [0, 0.1) is 0 Å². The number of carbonyl (C=O) groups is 1. The quantitative estimate of drug-likeness (QED) is 0.486. The lowest BCUT2D eigenvalue weighted by Gasteiger charge is -2.22. The summed E-state index contributed by atoms with van der Waals surface area (Å²) < 4.78 is 69.0. The van der Waals surface area contributed by atoms with Gasteiger partial charge in [0.05, 0.1) is 29.8 Å². The fourth-order valence-electron chi connectivity index (χ4n) is 2.57. The molecule has 1 N–H and O–H groups in total. The second kappa shape index (κ2) is 9.82. The van der Waals surface area contributed by atoms with Gasteiger partial charge < -0.3 is 4.74 Å². The van der Waals surface area contributed by atoms with Gasteiger partial charge in [-0.15, -0.1) is 0 Å². The molecule has 7 nitrogen and oxygen atoms in total. The Balaban J connectivity index is 2.16. The molecule has 0 aromatic heterocycles. The molecular weight excluding hydrogens is 435 g/mol. The molecule has 0 atom stereocenters. The lowest BCUT2D eigenvalue weighted by Crippen LogP contribution is -2.39. The largest absolute Gasteiger partial charge is 0.494 e. The molecule has 0 spiro atoms. The van der Waals surface area contributed by atoms with Crippen LogP contribution in [0.2, 0.25) is 0 Å². The second-order valence-electron chi connectivity index (χ2n) is 6.51. The highest BCUT2D eigenvalue weighted by molar-refractivity contribution is 7.92. The van der Waals surface area contributed by atoms with Crippen molar-refractivity contribution in [2.75, 3.05) is 23.7 Å². The first-order valence-corrected chi connectivity index (χ1v) is 11.0. The lowest BCUT2D eigenvalue weighted by atomic mass is 10.1. The summed E-state index contributed by atoms with van der Waals surface area (Å²) in [4.78, 5) is 12.3. The maximum Gasteiger partial charge on any atom is 0.416 e. The summed E-state index contributed by atoms with van der Waals surface area (Å²) in [6.45, 7) is 3.28. The highest BCUT2D eigenvalue weighted by Gasteiger charge is 2.32. The molecule has 11 heteroatoms. The summed E-state index contributed by atoms with van der Waals surface area (Å²) in [5.74, 6) is -0.138. The fraction of sp³-hybridized carbons (Fsp3) is 0.300. The van der Waals surface area contributed by atoms with Gasteiger partial charge in [0.25, 0.3) is 5.91 Å². The lowest BCUT2D eigenvalue weighted by molar-refractivity contribution is -0.137. The van der Waals surface area contributed by atoms with Crippen molar-refractivity contribution in [1.29, 1.82) is 0 Å². The van der Waals surface area contributed by atoms with E-state index in [0.717, 1.165) is 18.4 Å². The van der Waals surface area contributed by atoms with Crippen LogP contribution in [-0.4, -0.2) is 39.4 Å². The number of rotatable bonds is 8. The molecule has 0 radical (unpaired) electrons. The molecule has 0 aliphatic heterocycles. The smallest absolute Gasteiger partial charge is 0.416 e. The topological polar surface area (TPSA) is 88.1 Å². The molecule has 0 saturated heterocycles. The average molecular weight is 457 g/mol. The van der Waals surface area contributed by atoms with E-state index in [1.54, 1.807) is 31.2 Å². The van der Waals surface area contributed by atoms with Crippen LogP contribution in [-0.2, 0) is 21.0 Å². The van der Waals surface area contributed by atoms with E-state index in [0.29, 0.717) is 34.0 Å². The number of sulfonamides is 1. The van der Waals surface area contributed by atoms with E-state index in [1.807, 2.05) is 6.92 Å². The number of nitrogens with zero attached hydrogens (tertiary/aromatic N) is 2. The standard InChI is InChI=1S/C20H22F3N3O4S/c1-4-30-18-10-8-15(9-11-18)14(2)24-25-19(27)13-26(31(3,28)29)17-7-5-6-16(12-17)20(21,22)23/h5-12H,4,13H2,1-3H3,(H,25,27)/b24-14-. The fourth-order valence-corrected chi connectivity index (χ4v) is 3.42. The van der Waals surface area contributed by atoms with Crippen molar-refractivity contribution in [3.8, 4) is 5.75 Å². The Bertz CT molecular complexity index is 1050. The highest BCUT2D eigenvalue weighted by Crippen LogP contribution is 2.32. The number of benzene rings is 2. The molecule has 31 heavy (non-hydrogen) atoms. The predicted molar refractivity (Wildman–Crippen MR) is 112 cm³/mol. The van der Waals surface area contributed by atoms with Crippen LogP contribution in [0.25, 0.3) is 0 Å². The maximum atomic E-state index is 13.0. The zero-order valence-electron chi connectivity index (χ0n) is 17.1. The molecule has 2 rings (SSSR count). The Hall–Kier alpha value is -3.08. The number of anilines is 1. The van der Waals surface area contributed by atoms with Crippen molar-refractivity contribution in [2.24, 2.45) is 5.10 Å². The number of hydrogen-bond acceptors (Lipinski definition) is 5. The van der Waals surface area contributed by atoms with Gasteiger partial charge in [0.2, 0.25) is 10.0 Å². The molecule has 0 unspecified atom stereocenters. The zero-order chi connectivity index (χ0) is 23.2. The van der Waals surface area contributed by atoms with E-state index in [2.05, 4.69) is 10.5 Å². The molecule has 1 amide bonds. The number of nitrogens with one attached hydrogen (secondary N) is 1. The SMILES string of the molecule is CCOc1ccc(/C(C)=N\NC(=O)CN(c2cccc(C(F)(F)F)c2)S(C)(=O)=O)cc1. The van der Waals surface area contributed by atoms with Gasteiger partial charge in [-0.3, -0.25) is 9.10 Å². The van der Waals surface area contributed by atoms with Gasteiger partial charge in [-0.1, -0.05) is 6.07 Å². The molecule has 2 aromatic rings. The Kier molecular flexibility index (Phi) is 7.66. The van der Waals surface area contributed by atoms with Crippen molar-refractivity contribution >= 4 is 27.3 Å². The molecular formula is C20H22F3N3O4S. The first kappa shape index (κ1) is 24.2. The first-order valence-electron chi connectivity index (χ1n) is 9.13. The number of amides is 1. The summed E-state index contributed by atoms with van der Waals surface area (Å²) in [6, 6.07) is 10.7. The Labute approximate surface area is 178 Å². The van der Waals surface area contributed by atoms with Gasteiger partial charge in [0.15, 0.2) is 0 Å². The third-order valence-corrected chi connectivity index (χ3v) is 5.22. The molecule has 0 fully saturated rings. The van der Waals surface area contributed by atoms with E-state index in [9.17, 15) is 26.4 Å². The summed E-state index contributed by atoms with van der Waals surface area (Å²) >= 11 is 0. The Morgan fingerprint density at radius 2 is 1.81 bits per heavy atom. The third kappa shape index (κ3) is 6.99. The number of halogens is 3. The van der Waals surface area contributed by atoms with Crippen molar-refractivity contribution < 1.29 is 31.1 Å². The third-order valence-electron chi connectivity index (χ3n) is 4.08. The summed E-state index contributed by atoms with van der Waals surface area (Å²) in [5.41, 5.74) is 2.07. The summed E-state index contributed by atoms with van der Waals surface area (Å²) in [6.07, 6.45) is -3.85. The van der Waals surface area contributed by atoms with Crippen molar-refractivity contribution in [3.63, 3.8) is 0 Å². The monoisotopic (exact) mass is 457 g/mol. The van der Waals surface area contributed by atoms with Gasteiger partial charge in [-0.25, -0.2) is 13.8 Å². The average Bonchev–Trinajstić information content (AvgIpc) is 2.69. The van der Waals surface area contributed by atoms with Crippen molar-refractivity contribution in [2.45, 2.75) is 20.0 Å². The van der Waals surface area contributed by atoms with E-state index in [1.165, 1.54) is 6.07 Å². The van der Waals surface area contributed by atoms with Crippen molar-refractivity contribution in [3.05, 3.63) is 59.7 Å². The van der Waals surface area contributed by atoms with Crippen LogP contribution in [0.5, 0.6) is 5.75 Å². The minimum atomic E-state index is -4.65. The minimum absolute atomic E-state index is 0.278. The molecule has 0 heterocycles. The summed E-state index contributed by atoms with van der Waals surface area (Å²) in [5, 5.41) is 3.93. The molecule has 2 aromatic carbocycles. The van der Waals surface area contributed by atoms with E-state index in [4.69, 9.17) is 4.74 Å². The van der Waals surface area contributed by atoms with Crippen LogP contribution >= 0.6 is 0 Å². The van der Waals surface area contributed by atoms with E-state index in [-0.39, 0.29) is 5.69 Å². The Morgan fingerprint density at radius 3 is 2.35 bits per heavy atom. The van der Waals surface area contributed by atoms with Crippen LogP contribution < -0.4 is 14.5 Å². The van der Waals surface area contributed by atoms with Crippen LogP contribution in [0.3, 0.4) is 0 Å². The first-order chi connectivity index (χ1) is 14.4. The van der Waals surface area contributed by atoms with E-state index < -0.39 is 34.2 Å². The number of carbonyl (C=O) groups excluding carboxylic acids is 1. The van der Waals surface area contributed by atoms with Gasteiger partial charge in [0.1, 0.15) is 12.3 Å². The van der Waals surface area contributed by atoms with Gasteiger partial charge in [-0.05, 0) is 61.9 Å². The van der Waals surface area contributed by atoms with Crippen LogP contribution in [0.15, 0.2) is 53.6 Å². The molecule has 0 saturated carbocycles. The van der Waals surface area contributed by atoms with Gasteiger partial charge >= 0.3 is 6.18 Å². The van der Waals surface area contributed by atoms with Crippen LogP contribution in [0.1, 0.15) is 25.0 Å². The predicted octanol–water partition coefficient (Wildman–Crippen LogP) is 3.41. The molecule has 0 bridgehead atoms. The number of ether oxygens (including phenoxy) is 1. The van der Waals surface area contributed by atoms with Crippen molar-refractivity contribution in [1.82, 2.24) is 5.43 Å². The normalized spacial score (nSPS) is 12.4. The van der Waals surface area contributed by atoms with E-state index >= 15 is 0 Å². The second-order valence-corrected chi connectivity index (χ2v) is 8.41. The number of hydrazone groups is 1. The minimum Gasteiger partial charge on any atom is -0.494 e. The Morgan fingerprint density at radius 1 is 1.16 bits per heavy atom. The number of alkyl halides is 3. The molecule has 168 valence electrons. The molecule has 0 aliphatic rings. The van der Waals surface area contributed by atoms with Gasteiger partial charge in [0, 0.05) is 0 Å². The van der Waals surface area contributed by atoms with Crippen LogP contribution in [0.4, 0.5) is 18.9 Å². The zero-order valence-corrected chi connectivity index (χ0v) is 17.9. The summed E-state index contributed by atoms with van der Waals surface area (Å²) in [7, 11) is -4.03. The number of hydrogen-bond donors (Lipinski definition) is 1. The van der Waals surface area contributed by atoms with Gasteiger partial charge in [-0.2, -0.15) is 18.3 Å². The highest BCUT2D eigenvalue weighted by atomic mass is 32.2. The maximum absolute atomic E-state index is 13.0.